The maximum absolute atomic E-state index is 11.9. The van der Waals surface area contributed by atoms with Crippen LogP contribution in [0, 0.1) is 6.92 Å². The molecule has 1 aliphatic heterocycles. The zero-order valence-corrected chi connectivity index (χ0v) is 13.7. The minimum Gasteiger partial charge on any atom is -0.388 e. The summed E-state index contributed by atoms with van der Waals surface area (Å²) in [5.74, 6) is 1.34. The second-order valence-corrected chi connectivity index (χ2v) is 6.41. The van der Waals surface area contributed by atoms with Crippen molar-refractivity contribution in [2.75, 3.05) is 32.1 Å². The van der Waals surface area contributed by atoms with E-state index in [9.17, 15) is 9.90 Å². The minimum absolute atomic E-state index is 0.0651. The Labute approximate surface area is 134 Å². The summed E-state index contributed by atoms with van der Waals surface area (Å²) >= 11 is 0. The zero-order chi connectivity index (χ0) is 16.6. The van der Waals surface area contributed by atoms with Crippen LogP contribution in [0.4, 0.5) is 5.82 Å². The number of nitrogens with zero attached hydrogens (tertiary/aromatic N) is 6. The van der Waals surface area contributed by atoms with E-state index in [0.29, 0.717) is 24.4 Å². The fourth-order valence-corrected chi connectivity index (χ4v) is 2.94. The van der Waals surface area contributed by atoms with Gasteiger partial charge in [0.05, 0.1) is 12.0 Å². The molecule has 0 saturated carbocycles. The summed E-state index contributed by atoms with van der Waals surface area (Å²) < 4.78 is 1.50. The first-order valence-electron chi connectivity index (χ1n) is 7.74. The molecule has 1 unspecified atom stereocenters. The third-order valence-electron chi connectivity index (χ3n) is 4.16. The van der Waals surface area contributed by atoms with Crippen molar-refractivity contribution in [2.45, 2.75) is 31.8 Å². The van der Waals surface area contributed by atoms with Crippen LogP contribution in [0.1, 0.15) is 25.1 Å². The Kier molecular flexibility index (Phi) is 3.93. The number of anilines is 1. The van der Waals surface area contributed by atoms with Gasteiger partial charge in [0, 0.05) is 27.2 Å². The van der Waals surface area contributed by atoms with Crippen LogP contribution in [0.25, 0.3) is 5.65 Å². The number of hydrogen-bond acceptors (Lipinski definition) is 6. The zero-order valence-electron chi connectivity index (χ0n) is 13.7. The maximum atomic E-state index is 11.9. The van der Waals surface area contributed by atoms with Crippen molar-refractivity contribution in [1.82, 2.24) is 24.7 Å². The van der Waals surface area contributed by atoms with Gasteiger partial charge in [-0.1, -0.05) is 0 Å². The lowest BCUT2D eigenvalue weighted by Gasteiger charge is -2.39. The van der Waals surface area contributed by atoms with Crippen molar-refractivity contribution in [3.05, 3.63) is 18.0 Å². The van der Waals surface area contributed by atoms with E-state index in [1.165, 1.54) is 9.53 Å². The van der Waals surface area contributed by atoms with Crippen molar-refractivity contribution >= 4 is 17.4 Å². The first kappa shape index (κ1) is 15.7. The number of aromatic nitrogens is 4. The van der Waals surface area contributed by atoms with Gasteiger partial charge in [-0.25, -0.2) is 4.98 Å². The van der Waals surface area contributed by atoms with Crippen molar-refractivity contribution < 1.29 is 9.90 Å². The van der Waals surface area contributed by atoms with Gasteiger partial charge in [0.2, 0.25) is 5.91 Å². The molecule has 23 heavy (non-hydrogen) atoms. The highest BCUT2D eigenvalue weighted by molar-refractivity contribution is 5.76. The summed E-state index contributed by atoms with van der Waals surface area (Å²) in [6, 6.07) is 3.74. The molecule has 1 atom stereocenters. The van der Waals surface area contributed by atoms with E-state index in [-0.39, 0.29) is 12.3 Å². The third-order valence-corrected chi connectivity index (χ3v) is 4.16. The number of carbonyl (C=O) groups excluding carboxylic acids is 1. The molecule has 0 aromatic carbocycles. The quantitative estimate of drug-likeness (QED) is 0.872. The second kappa shape index (κ2) is 5.77. The Morgan fingerprint density at radius 1 is 1.39 bits per heavy atom. The van der Waals surface area contributed by atoms with Crippen LogP contribution < -0.4 is 4.90 Å². The molecule has 1 amide bonds. The number of hydrogen-bond donors (Lipinski definition) is 1. The van der Waals surface area contributed by atoms with E-state index < -0.39 is 5.60 Å². The molecular weight excluding hydrogens is 296 g/mol. The topological polar surface area (TPSA) is 86.9 Å². The van der Waals surface area contributed by atoms with Crippen LogP contribution in [0.5, 0.6) is 0 Å². The molecule has 8 heteroatoms. The summed E-state index contributed by atoms with van der Waals surface area (Å²) in [4.78, 5) is 19.7. The Morgan fingerprint density at radius 2 is 2.17 bits per heavy atom. The molecule has 0 radical (unpaired) electrons. The SMILES string of the molecule is Cc1nc2ccc(N3CCCC(O)(CC(=O)N(C)C)C3)nn2n1. The number of fused-ring (bicyclic) bond motifs is 1. The predicted octanol–water partition coefficient (Wildman–Crippen LogP) is 0.242. The molecule has 0 spiro atoms. The molecule has 3 rings (SSSR count). The highest BCUT2D eigenvalue weighted by Crippen LogP contribution is 2.27. The van der Waals surface area contributed by atoms with Gasteiger partial charge < -0.3 is 14.9 Å². The second-order valence-electron chi connectivity index (χ2n) is 6.41. The van der Waals surface area contributed by atoms with Crippen LogP contribution in [0.2, 0.25) is 0 Å². The summed E-state index contributed by atoms with van der Waals surface area (Å²) in [6.07, 6.45) is 1.56. The first-order valence-corrected chi connectivity index (χ1v) is 7.74. The molecule has 2 aromatic heterocycles. The van der Waals surface area contributed by atoms with Crippen LogP contribution in [0.3, 0.4) is 0 Å². The average molecular weight is 318 g/mol. The van der Waals surface area contributed by atoms with E-state index >= 15 is 0 Å². The molecule has 0 bridgehead atoms. The lowest BCUT2D eigenvalue weighted by Crippen LogP contribution is -2.50. The van der Waals surface area contributed by atoms with E-state index in [2.05, 4.69) is 15.2 Å². The molecule has 3 heterocycles. The average Bonchev–Trinajstić information content (AvgIpc) is 2.85. The number of aliphatic hydroxyl groups is 1. The van der Waals surface area contributed by atoms with Gasteiger partial charge >= 0.3 is 0 Å². The third kappa shape index (κ3) is 3.26. The number of rotatable bonds is 3. The van der Waals surface area contributed by atoms with Crippen LogP contribution >= 0.6 is 0 Å². The number of piperidine rings is 1. The number of aryl methyl sites for hydroxylation is 1. The lowest BCUT2D eigenvalue weighted by molar-refractivity contribution is -0.134. The van der Waals surface area contributed by atoms with Gasteiger partial charge in [0.1, 0.15) is 5.82 Å². The highest BCUT2D eigenvalue weighted by atomic mass is 16.3. The van der Waals surface area contributed by atoms with Gasteiger partial charge in [-0.15, -0.1) is 14.8 Å². The monoisotopic (exact) mass is 318 g/mol. The Balaban J connectivity index is 1.80. The summed E-state index contributed by atoms with van der Waals surface area (Å²) in [5.41, 5.74) is -0.324. The first-order chi connectivity index (χ1) is 10.9. The summed E-state index contributed by atoms with van der Waals surface area (Å²) in [6.45, 7) is 3.00. The van der Waals surface area contributed by atoms with Crippen molar-refractivity contribution in [3.63, 3.8) is 0 Å². The summed E-state index contributed by atoms with van der Waals surface area (Å²) in [7, 11) is 3.41. The molecule has 1 N–H and O–H groups in total. The fraction of sp³-hybridized carbons (Fsp3) is 0.600. The van der Waals surface area contributed by atoms with Gasteiger partial charge in [0.15, 0.2) is 11.5 Å². The lowest BCUT2D eigenvalue weighted by atomic mass is 9.89. The molecule has 8 nitrogen and oxygen atoms in total. The maximum Gasteiger partial charge on any atom is 0.225 e. The number of β-amino-alcohol motifs (C(OH)–C–C–N with tert-alkyl or cyclic N) is 1. The molecular formula is C15H22N6O2. The van der Waals surface area contributed by atoms with E-state index in [0.717, 1.165) is 18.8 Å². The van der Waals surface area contributed by atoms with E-state index in [1.54, 1.807) is 14.1 Å². The van der Waals surface area contributed by atoms with Gasteiger partial charge in [0.25, 0.3) is 0 Å². The number of amides is 1. The molecule has 1 aliphatic rings. The van der Waals surface area contributed by atoms with Crippen LogP contribution in [-0.2, 0) is 4.79 Å². The molecule has 1 fully saturated rings. The Morgan fingerprint density at radius 3 is 2.91 bits per heavy atom. The Hall–Kier alpha value is -2.22. The van der Waals surface area contributed by atoms with Crippen molar-refractivity contribution in [1.29, 1.82) is 0 Å². The Bertz CT molecular complexity index is 728. The normalized spacial score (nSPS) is 21.7. The molecule has 2 aromatic rings. The van der Waals surface area contributed by atoms with E-state index in [4.69, 9.17) is 0 Å². The van der Waals surface area contributed by atoms with E-state index in [1.807, 2.05) is 24.0 Å². The smallest absolute Gasteiger partial charge is 0.225 e. The molecule has 0 aliphatic carbocycles. The number of carbonyl (C=O) groups is 1. The fourth-order valence-electron chi connectivity index (χ4n) is 2.94. The summed E-state index contributed by atoms with van der Waals surface area (Å²) in [5, 5.41) is 19.5. The predicted molar refractivity (Wildman–Crippen MR) is 85.2 cm³/mol. The van der Waals surface area contributed by atoms with Gasteiger partial charge in [-0.3, -0.25) is 4.79 Å². The van der Waals surface area contributed by atoms with Gasteiger partial charge in [-0.2, -0.15) is 0 Å². The highest BCUT2D eigenvalue weighted by Gasteiger charge is 2.36. The molecule has 1 saturated heterocycles. The minimum atomic E-state index is -1.02. The van der Waals surface area contributed by atoms with Crippen molar-refractivity contribution in [2.24, 2.45) is 0 Å². The molecule has 124 valence electrons. The van der Waals surface area contributed by atoms with Crippen molar-refractivity contribution in [3.8, 4) is 0 Å². The standard InChI is InChI=1S/C15H22N6O2/c1-11-16-12-5-6-13(18-21(12)17-11)20-8-4-7-15(23,10-20)9-14(22)19(2)3/h5-6,23H,4,7-10H2,1-3H3. The van der Waals surface area contributed by atoms with Crippen LogP contribution in [-0.4, -0.2) is 68.5 Å². The largest absolute Gasteiger partial charge is 0.388 e. The van der Waals surface area contributed by atoms with Gasteiger partial charge in [-0.05, 0) is 31.9 Å². The van der Waals surface area contributed by atoms with Crippen LogP contribution in [0.15, 0.2) is 12.1 Å².